The van der Waals surface area contributed by atoms with E-state index in [1.807, 2.05) is 25.1 Å². The van der Waals surface area contributed by atoms with Gasteiger partial charge in [-0.3, -0.25) is 0 Å². The quantitative estimate of drug-likeness (QED) is 0.743. The van der Waals surface area contributed by atoms with Crippen LogP contribution >= 0.6 is 0 Å². The number of benzene rings is 1. The second kappa shape index (κ2) is 10.9. The van der Waals surface area contributed by atoms with Gasteiger partial charge in [-0.2, -0.15) is 0 Å². The van der Waals surface area contributed by atoms with Crippen molar-refractivity contribution in [3.8, 4) is 0 Å². The van der Waals surface area contributed by atoms with Gasteiger partial charge in [0.25, 0.3) is 0 Å². The van der Waals surface area contributed by atoms with E-state index >= 15 is 0 Å². The van der Waals surface area contributed by atoms with Crippen LogP contribution in [0.5, 0.6) is 0 Å². The Labute approximate surface area is 116 Å². The molecule has 0 radical (unpaired) electrons. The first-order valence-corrected chi connectivity index (χ1v) is 6.57. The Morgan fingerprint density at radius 1 is 1.00 bits per heavy atom. The summed E-state index contributed by atoms with van der Waals surface area (Å²) in [6, 6.07) is 10.3. The van der Waals surface area contributed by atoms with Crippen LogP contribution < -0.4 is 0 Å². The molecule has 0 bridgehead atoms. The van der Waals surface area contributed by atoms with Gasteiger partial charge in [-0.05, 0) is 26.3 Å². The maximum atomic E-state index is 8.09. The summed E-state index contributed by atoms with van der Waals surface area (Å²) < 4.78 is 10.2. The van der Waals surface area contributed by atoms with E-state index in [1.54, 1.807) is 0 Å². The van der Waals surface area contributed by atoms with Gasteiger partial charge >= 0.3 is 0 Å². The minimum Gasteiger partial charge on any atom is -0.394 e. The first kappa shape index (κ1) is 18.1. The van der Waals surface area contributed by atoms with Gasteiger partial charge < -0.3 is 19.7 Å². The number of rotatable bonds is 7. The van der Waals surface area contributed by atoms with Gasteiger partial charge in [-0.25, -0.2) is 0 Å². The molecule has 2 N–H and O–H groups in total. The van der Waals surface area contributed by atoms with Crippen molar-refractivity contribution in [2.75, 3.05) is 33.0 Å². The van der Waals surface area contributed by atoms with E-state index < -0.39 is 0 Å². The summed E-state index contributed by atoms with van der Waals surface area (Å²) >= 11 is 0. The summed E-state index contributed by atoms with van der Waals surface area (Å²) in [4.78, 5) is 0. The fourth-order valence-electron chi connectivity index (χ4n) is 1.51. The highest BCUT2D eigenvalue weighted by molar-refractivity contribution is 5.20. The van der Waals surface area contributed by atoms with E-state index in [0.29, 0.717) is 13.2 Å². The van der Waals surface area contributed by atoms with Gasteiger partial charge in [0, 0.05) is 6.61 Å². The number of aliphatic hydroxyl groups excluding tert-OH is 2. The van der Waals surface area contributed by atoms with E-state index in [4.69, 9.17) is 14.9 Å². The summed E-state index contributed by atoms with van der Waals surface area (Å²) in [5, 5.41) is 16.2. The lowest BCUT2D eigenvalue weighted by Crippen LogP contribution is -2.21. The third kappa shape index (κ3) is 8.72. The Bertz CT molecular complexity index is 294. The molecule has 110 valence electrons. The van der Waals surface area contributed by atoms with E-state index in [0.717, 1.165) is 6.61 Å². The average Bonchev–Trinajstić information content (AvgIpc) is 2.41. The Morgan fingerprint density at radius 3 is 1.95 bits per heavy atom. The molecule has 0 saturated carbocycles. The summed E-state index contributed by atoms with van der Waals surface area (Å²) in [6.45, 7) is 7.64. The van der Waals surface area contributed by atoms with Crippen LogP contribution in [-0.2, 0) is 15.1 Å². The van der Waals surface area contributed by atoms with Crippen LogP contribution in [0.4, 0.5) is 0 Å². The lowest BCUT2D eigenvalue weighted by atomic mass is 9.98. The van der Waals surface area contributed by atoms with Gasteiger partial charge in [0.05, 0.1) is 32.0 Å². The minimum absolute atomic E-state index is 0.0278. The fraction of sp³-hybridized carbons (Fsp3) is 0.600. The Balaban J connectivity index is 0.000000399. The molecular formula is C15H26O4. The predicted molar refractivity (Wildman–Crippen MR) is 76.1 cm³/mol. The number of hydrogen-bond acceptors (Lipinski definition) is 4. The normalized spacial score (nSPS) is 10.8. The lowest BCUT2D eigenvalue weighted by molar-refractivity contribution is -0.0140. The molecule has 1 aromatic rings. The maximum absolute atomic E-state index is 8.09. The number of aliphatic hydroxyl groups is 2. The lowest BCUT2D eigenvalue weighted by Gasteiger charge is -2.24. The van der Waals surface area contributed by atoms with Crippen molar-refractivity contribution in [1.29, 1.82) is 0 Å². The standard InChI is InChI=1S/C11H16O.C4H10O3/c1-4-12-11(2,3)10-8-6-5-7-9-10;5-1-3-7-4-2-6/h5-9H,4H2,1-3H3;5-6H,1-4H2. The van der Waals surface area contributed by atoms with E-state index in [-0.39, 0.29) is 18.8 Å². The van der Waals surface area contributed by atoms with Gasteiger partial charge in [-0.1, -0.05) is 30.3 Å². The van der Waals surface area contributed by atoms with E-state index in [1.165, 1.54) is 5.56 Å². The summed E-state index contributed by atoms with van der Waals surface area (Å²) in [5.41, 5.74) is 1.07. The second-order valence-corrected chi connectivity index (χ2v) is 4.37. The van der Waals surface area contributed by atoms with Crippen LogP contribution in [0.15, 0.2) is 30.3 Å². The van der Waals surface area contributed by atoms with Crippen molar-refractivity contribution in [1.82, 2.24) is 0 Å². The van der Waals surface area contributed by atoms with Crippen molar-refractivity contribution in [3.63, 3.8) is 0 Å². The highest BCUT2D eigenvalue weighted by atomic mass is 16.5. The van der Waals surface area contributed by atoms with Crippen LogP contribution in [0.3, 0.4) is 0 Å². The molecule has 0 aromatic heterocycles. The zero-order valence-electron chi connectivity index (χ0n) is 12.1. The molecule has 0 heterocycles. The van der Waals surface area contributed by atoms with Crippen LogP contribution in [0.2, 0.25) is 0 Å². The molecule has 19 heavy (non-hydrogen) atoms. The van der Waals surface area contributed by atoms with Crippen LogP contribution in [-0.4, -0.2) is 43.2 Å². The molecule has 4 heteroatoms. The van der Waals surface area contributed by atoms with Crippen molar-refractivity contribution in [2.45, 2.75) is 26.4 Å². The SMILES string of the molecule is CCOC(C)(C)c1ccccc1.OCCOCCO. The van der Waals surface area contributed by atoms with Crippen molar-refractivity contribution < 1.29 is 19.7 Å². The molecule has 1 rings (SSSR count). The molecule has 0 aliphatic carbocycles. The zero-order chi connectivity index (χ0) is 14.6. The molecule has 0 unspecified atom stereocenters. The molecule has 0 amide bonds. The van der Waals surface area contributed by atoms with Crippen LogP contribution in [0.1, 0.15) is 26.3 Å². The molecule has 0 atom stereocenters. The summed E-state index contributed by atoms with van der Waals surface area (Å²) in [7, 11) is 0. The van der Waals surface area contributed by atoms with Crippen molar-refractivity contribution in [3.05, 3.63) is 35.9 Å². The Morgan fingerprint density at radius 2 is 1.53 bits per heavy atom. The molecule has 1 aromatic carbocycles. The molecule has 0 aliphatic rings. The molecule has 0 spiro atoms. The van der Waals surface area contributed by atoms with Crippen LogP contribution in [0, 0.1) is 0 Å². The fourth-order valence-corrected chi connectivity index (χ4v) is 1.51. The highest BCUT2D eigenvalue weighted by Gasteiger charge is 2.19. The molecular weight excluding hydrogens is 244 g/mol. The molecule has 0 fully saturated rings. The zero-order valence-corrected chi connectivity index (χ0v) is 12.1. The highest BCUT2D eigenvalue weighted by Crippen LogP contribution is 2.23. The number of hydrogen-bond donors (Lipinski definition) is 2. The maximum Gasteiger partial charge on any atom is 0.0875 e. The first-order chi connectivity index (χ1) is 9.08. The second-order valence-electron chi connectivity index (χ2n) is 4.37. The summed E-state index contributed by atoms with van der Waals surface area (Å²) in [5.74, 6) is 0. The summed E-state index contributed by atoms with van der Waals surface area (Å²) in [6.07, 6.45) is 0. The van der Waals surface area contributed by atoms with Gasteiger partial charge in [0.15, 0.2) is 0 Å². The van der Waals surface area contributed by atoms with E-state index in [2.05, 4.69) is 30.7 Å². The van der Waals surface area contributed by atoms with E-state index in [9.17, 15) is 0 Å². The van der Waals surface area contributed by atoms with Gasteiger partial charge in [0.1, 0.15) is 0 Å². The van der Waals surface area contributed by atoms with Gasteiger partial charge in [-0.15, -0.1) is 0 Å². The third-order valence-electron chi connectivity index (χ3n) is 2.45. The molecule has 0 saturated heterocycles. The Hall–Kier alpha value is -0.940. The third-order valence-corrected chi connectivity index (χ3v) is 2.45. The largest absolute Gasteiger partial charge is 0.394 e. The minimum atomic E-state index is -0.157. The smallest absolute Gasteiger partial charge is 0.0875 e. The molecule has 0 aliphatic heterocycles. The van der Waals surface area contributed by atoms with Gasteiger partial charge in [0.2, 0.25) is 0 Å². The predicted octanol–water partition coefficient (Wildman–Crippen LogP) is 1.95. The van der Waals surface area contributed by atoms with Crippen LogP contribution in [0.25, 0.3) is 0 Å². The van der Waals surface area contributed by atoms with Crippen molar-refractivity contribution >= 4 is 0 Å². The topological polar surface area (TPSA) is 58.9 Å². The monoisotopic (exact) mass is 270 g/mol. The molecule has 4 nitrogen and oxygen atoms in total. The number of ether oxygens (including phenoxy) is 2. The Kier molecular flexibility index (Phi) is 10.4. The average molecular weight is 270 g/mol. The first-order valence-electron chi connectivity index (χ1n) is 6.57. The van der Waals surface area contributed by atoms with Crippen molar-refractivity contribution in [2.24, 2.45) is 0 Å².